The second-order valence-corrected chi connectivity index (χ2v) is 12.2. The van der Waals surface area contributed by atoms with Gasteiger partial charge in [-0.1, -0.05) is 32.4 Å². The topological polar surface area (TPSA) is 136 Å². The van der Waals surface area contributed by atoms with Gasteiger partial charge in [0.1, 0.15) is 11.4 Å². The van der Waals surface area contributed by atoms with Crippen LogP contribution in [0, 0.1) is 12.3 Å². The molecule has 0 aliphatic rings. The normalized spacial score (nSPS) is 11.5. The number of nitrogens with zero attached hydrogens (tertiary/aromatic N) is 4. The van der Waals surface area contributed by atoms with Crippen LogP contribution in [0.15, 0.2) is 41.5 Å². The Balaban J connectivity index is 1.82. The molecule has 0 bridgehead atoms. The summed E-state index contributed by atoms with van der Waals surface area (Å²) in [6, 6.07) is 6.79. The standard InChI is InChI=1S/C25H24ClN5O5S2/c1-13-15(11-30(22(33)21(13)23(34)35)12-17(32)18-7-8-28-38-18)16-9-20(27-10-14-5-6-19(26)37-14)31(29-16)24(36)25(2,3)4/h5-9,11,27H,10,12H2,1-4H3,(H,34,35). The highest BCUT2D eigenvalue weighted by Crippen LogP contribution is 2.29. The molecule has 0 amide bonds. The highest BCUT2D eigenvalue weighted by molar-refractivity contribution is 7.16. The maximum absolute atomic E-state index is 13.2. The second-order valence-electron chi connectivity index (χ2n) is 9.52. The average Bonchev–Trinajstić information content (AvgIpc) is 3.59. The summed E-state index contributed by atoms with van der Waals surface area (Å²) in [6.45, 7) is 6.79. The van der Waals surface area contributed by atoms with Crippen LogP contribution in [0.4, 0.5) is 5.82 Å². The fourth-order valence-electron chi connectivity index (χ4n) is 3.71. The smallest absolute Gasteiger partial charge is 0.341 e. The van der Waals surface area contributed by atoms with Crippen LogP contribution < -0.4 is 10.9 Å². The van der Waals surface area contributed by atoms with Gasteiger partial charge in [0.15, 0.2) is 5.78 Å². The molecular formula is C25H24ClN5O5S2. The molecule has 4 aromatic heterocycles. The number of Topliss-reactive ketones (excluding diaryl/α,β-unsaturated/α-hetero) is 1. The number of halogens is 1. The van der Waals surface area contributed by atoms with Crippen LogP contribution in [-0.2, 0) is 13.1 Å². The van der Waals surface area contributed by atoms with Gasteiger partial charge in [-0.15, -0.1) is 11.3 Å². The van der Waals surface area contributed by atoms with Crippen LogP contribution in [0.1, 0.15) is 56.0 Å². The Morgan fingerprint density at radius 1 is 1.18 bits per heavy atom. The van der Waals surface area contributed by atoms with Crippen molar-refractivity contribution in [3.05, 3.63) is 72.2 Å². The second kappa shape index (κ2) is 10.6. The number of carboxylic acid groups (broad SMARTS) is 1. The number of anilines is 1. The van der Waals surface area contributed by atoms with Crippen molar-refractivity contribution in [1.29, 1.82) is 0 Å². The molecular weight excluding hydrogens is 550 g/mol. The van der Waals surface area contributed by atoms with Crippen molar-refractivity contribution in [2.75, 3.05) is 5.32 Å². The first-order valence-electron chi connectivity index (χ1n) is 11.4. The van der Waals surface area contributed by atoms with Crippen LogP contribution in [0.25, 0.3) is 11.3 Å². The van der Waals surface area contributed by atoms with E-state index in [1.807, 2.05) is 6.07 Å². The lowest BCUT2D eigenvalue weighted by molar-refractivity contribution is 0.0691. The van der Waals surface area contributed by atoms with Crippen molar-refractivity contribution in [2.45, 2.75) is 40.8 Å². The molecule has 0 saturated heterocycles. The van der Waals surface area contributed by atoms with Crippen molar-refractivity contribution < 1.29 is 19.5 Å². The van der Waals surface area contributed by atoms with Crippen LogP contribution in [0.2, 0.25) is 4.34 Å². The number of nitrogens with one attached hydrogen (secondary N) is 1. The number of carboxylic acids is 1. The molecule has 0 radical (unpaired) electrons. The quantitative estimate of drug-likeness (QED) is 0.279. The van der Waals surface area contributed by atoms with E-state index in [2.05, 4.69) is 14.8 Å². The van der Waals surface area contributed by atoms with Crippen LogP contribution >= 0.6 is 34.5 Å². The summed E-state index contributed by atoms with van der Waals surface area (Å²) in [5, 5.41) is 17.5. The monoisotopic (exact) mass is 573 g/mol. The number of aromatic nitrogens is 4. The number of ketones is 1. The Kier molecular flexibility index (Phi) is 7.68. The number of aromatic carboxylic acids is 1. The fraction of sp³-hybridized carbons (Fsp3) is 0.280. The zero-order chi connectivity index (χ0) is 27.8. The molecule has 198 valence electrons. The molecule has 10 nitrogen and oxygen atoms in total. The number of thiophene rings is 1. The summed E-state index contributed by atoms with van der Waals surface area (Å²) in [7, 11) is 0. The third kappa shape index (κ3) is 5.62. The Morgan fingerprint density at radius 2 is 1.92 bits per heavy atom. The maximum Gasteiger partial charge on any atom is 0.341 e. The molecule has 4 rings (SSSR count). The predicted octanol–water partition coefficient (Wildman–Crippen LogP) is 5.07. The summed E-state index contributed by atoms with van der Waals surface area (Å²) in [6.07, 6.45) is 2.88. The van der Waals surface area contributed by atoms with Gasteiger partial charge in [0.25, 0.3) is 11.5 Å². The van der Waals surface area contributed by atoms with Gasteiger partial charge in [-0.2, -0.15) is 9.78 Å². The molecule has 13 heteroatoms. The molecule has 0 saturated carbocycles. The third-order valence-corrected chi connectivity index (χ3v) is 7.69. The number of rotatable bonds is 8. The Morgan fingerprint density at radius 3 is 2.50 bits per heavy atom. The van der Waals surface area contributed by atoms with Gasteiger partial charge in [-0.05, 0) is 42.2 Å². The Labute approximate surface area is 230 Å². The molecule has 0 atom stereocenters. The van der Waals surface area contributed by atoms with E-state index in [0.717, 1.165) is 21.0 Å². The SMILES string of the molecule is Cc1c(-c2cc(NCc3ccc(Cl)s3)n(C(=O)C(C)(C)C)n2)cn(CC(=O)c2ccns2)c(=O)c1C(=O)O. The minimum atomic E-state index is -1.42. The molecule has 0 fully saturated rings. The van der Waals surface area contributed by atoms with Crippen molar-refractivity contribution in [1.82, 2.24) is 18.7 Å². The third-order valence-electron chi connectivity index (χ3n) is 5.67. The largest absolute Gasteiger partial charge is 0.477 e. The van der Waals surface area contributed by atoms with E-state index in [9.17, 15) is 24.3 Å². The average molecular weight is 574 g/mol. The van der Waals surface area contributed by atoms with Crippen molar-refractivity contribution in [3.63, 3.8) is 0 Å². The molecule has 0 spiro atoms. The van der Waals surface area contributed by atoms with Crippen LogP contribution in [-0.4, -0.2) is 41.5 Å². The van der Waals surface area contributed by atoms with E-state index in [4.69, 9.17) is 11.6 Å². The zero-order valence-electron chi connectivity index (χ0n) is 20.9. The van der Waals surface area contributed by atoms with E-state index in [0.29, 0.717) is 27.1 Å². The van der Waals surface area contributed by atoms with Crippen LogP contribution in [0.5, 0.6) is 0 Å². The first-order chi connectivity index (χ1) is 17.9. The number of carbonyl (C=O) groups excluding carboxylic acids is 2. The lowest BCUT2D eigenvalue weighted by Crippen LogP contribution is -2.30. The molecule has 0 aromatic carbocycles. The predicted molar refractivity (Wildman–Crippen MR) is 147 cm³/mol. The van der Waals surface area contributed by atoms with Crippen molar-refractivity contribution in [3.8, 4) is 11.3 Å². The van der Waals surface area contributed by atoms with E-state index >= 15 is 0 Å². The van der Waals surface area contributed by atoms with Gasteiger partial charge in [-0.3, -0.25) is 14.4 Å². The van der Waals surface area contributed by atoms with E-state index in [-0.39, 0.29) is 29.5 Å². The molecule has 2 N–H and O–H groups in total. The Hall–Kier alpha value is -3.61. The first kappa shape index (κ1) is 27.4. The number of hydrogen-bond acceptors (Lipinski definition) is 9. The van der Waals surface area contributed by atoms with E-state index in [1.54, 1.807) is 32.9 Å². The van der Waals surface area contributed by atoms with E-state index < -0.39 is 22.5 Å². The summed E-state index contributed by atoms with van der Waals surface area (Å²) in [4.78, 5) is 52.3. The maximum atomic E-state index is 13.2. The molecule has 4 heterocycles. The van der Waals surface area contributed by atoms with Gasteiger partial charge in [-0.25, -0.2) is 9.17 Å². The molecule has 0 aliphatic carbocycles. The summed E-state index contributed by atoms with van der Waals surface area (Å²) >= 11 is 8.42. The minimum Gasteiger partial charge on any atom is -0.477 e. The lowest BCUT2D eigenvalue weighted by atomic mass is 9.96. The molecule has 4 aromatic rings. The number of carbonyl (C=O) groups is 3. The van der Waals surface area contributed by atoms with Gasteiger partial charge in [0, 0.05) is 34.3 Å². The summed E-state index contributed by atoms with van der Waals surface area (Å²) < 4.78 is 6.83. The van der Waals surface area contributed by atoms with Crippen LogP contribution in [0.3, 0.4) is 0 Å². The first-order valence-corrected chi connectivity index (χ1v) is 13.4. The highest BCUT2D eigenvalue weighted by Gasteiger charge is 2.28. The van der Waals surface area contributed by atoms with Gasteiger partial charge >= 0.3 is 5.97 Å². The molecule has 38 heavy (non-hydrogen) atoms. The van der Waals surface area contributed by atoms with Gasteiger partial charge in [0.2, 0.25) is 0 Å². The number of pyridine rings is 1. The van der Waals surface area contributed by atoms with Crippen molar-refractivity contribution in [2.24, 2.45) is 5.41 Å². The van der Waals surface area contributed by atoms with Crippen molar-refractivity contribution >= 4 is 57.9 Å². The fourth-order valence-corrected chi connectivity index (χ4v) is 5.26. The summed E-state index contributed by atoms with van der Waals surface area (Å²) in [5.41, 5.74) is -1.30. The highest BCUT2D eigenvalue weighted by atomic mass is 35.5. The Bertz CT molecular complexity index is 1590. The van der Waals surface area contributed by atoms with Gasteiger partial charge in [0.05, 0.1) is 28.0 Å². The lowest BCUT2D eigenvalue weighted by Gasteiger charge is -2.18. The van der Waals surface area contributed by atoms with Gasteiger partial charge < -0.3 is 15.0 Å². The minimum absolute atomic E-state index is 0.174. The molecule has 0 unspecified atom stereocenters. The zero-order valence-corrected chi connectivity index (χ0v) is 23.3. The summed E-state index contributed by atoms with van der Waals surface area (Å²) in [5.74, 6) is -1.71. The van der Waals surface area contributed by atoms with E-state index in [1.165, 1.54) is 41.4 Å². The molecule has 0 aliphatic heterocycles. The number of hydrogen-bond donors (Lipinski definition) is 2.